The number of ether oxygens (including phenoxy) is 2. The molecular weight excluding hydrogens is 324 g/mol. The Hall–Kier alpha value is -2.51. The molecule has 0 bridgehead atoms. The largest absolute Gasteiger partial charge is 0.493 e. The molecule has 0 fully saturated rings. The molecule has 0 spiro atoms. The van der Waals surface area contributed by atoms with Crippen molar-refractivity contribution in [2.75, 3.05) is 7.11 Å². The van der Waals surface area contributed by atoms with Crippen molar-refractivity contribution >= 4 is 23.5 Å². The van der Waals surface area contributed by atoms with Crippen LogP contribution in [0.5, 0.6) is 11.5 Å². The van der Waals surface area contributed by atoms with Crippen LogP contribution in [0.15, 0.2) is 41.4 Å². The summed E-state index contributed by atoms with van der Waals surface area (Å²) in [7, 11) is 1.58. The van der Waals surface area contributed by atoms with E-state index in [1.54, 1.807) is 43.7 Å². The van der Waals surface area contributed by atoms with Crippen LogP contribution in [0, 0.1) is 11.3 Å². The molecule has 0 aliphatic heterocycles. The Morgan fingerprint density at radius 1 is 1.29 bits per heavy atom. The van der Waals surface area contributed by atoms with Crippen LogP contribution in [0.1, 0.15) is 31.4 Å². The Bertz CT molecular complexity index is 764. The van der Waals surface area contributed by atoms with Crippen LogP contribution in [0.4, 0.5) is 5.69 Å². The van der Waals surface area contributed by atoms with Crippen LogP contribution >= 0.6 is 11.6 Å². The van der Waals surface area contributed by atoms with Gasteiger partial charge in [0, 0.05) is 6.21 Å². The zero-order chi connectivity index (χ0) is 17.5. The van der Waals surface area contributed by atoms with Gasteiger partial charge in [-0.2, -0.15) is 5.26 Å². The van der Waals surface area contributed by atoms with Crippen molar-refractivity contribution in [1.82, 2.24) is 0 Å². The van der Waals surface area contributed by atoms with Gasteiger partial charge in [0.2, 0.25) is 0 Å². The molecule has 0 radical (unpaired) electrons. The summed E-state index contributed by atoms with van der Waals surface area (Å²) in [6, 6.07) is 12.7. The second-order valence-corrected chi connectivity index (χ2v) is 5.69. The van der Waals surface area contributed by atoms with E-state index in [1.165, 1.54) is 0 Å². The van der Waals surface area contributed by atoms with E-state index in [-0.39, 0.29) is 6.10 Å². The van der Waals surface area contributed by atoms with E-state index < -0.39 is 0 Å². The van der Waals surface area contributed by atoms with Crippen LogP contribution in [0.3, 0.4) is 0 Å². The lowest BCUT2D eigenvalue weighted by Gasteiger charge is -2.17. The normalized spacial score (nSPS) is 12.0. The molecular formula is C19H19ClN2O2. The number of halogens is 1. The van der Waals surface area contributed by atoms with E-state index >= 15 is 0 Å². The van der Waals surface area contributed by atoms with Crippen molar-refractivity contribution in [1.29, 1.82) is 5.26 Å². The summed E-state index contributed by atoms with van der Waals surface area (Å²) in [6.07, 6.45) is 2.62. The molecule has 0 unspecified atom stereocenters. The maximum atomic E-state index is 8.80. The van der Waals surface area contributed by atoms with Crippen LogP contribution in [-0.4, -0.2) is 19.4 Å². The first-order valence-electron chi connectivity index (χ1n) is 7.65. The van der Waals surface area contributed by atoms with Gasteiger partial charge >= 0.3 is 0 Å². The van der Waals surface area contributed by atoms with E-state index in [2.05, 4.69) is 11.1 Å². The summed E-state index contributed by atoms with van der Waals surface area (Å²) in [5, 5.41) is 9.28. The summed E-state index contributed by atoms with van der Waals surface area (Å²) in [4.78, 5) is 4.39. The first-order chi connectivity index (χ1) is 11.6. The van der Waals surface area contributed by atoms with Crippen molar-refractivity contribution in [2.24, 2.45) is 4.99 Å². The SMILES string of the molecule is CC[C@@H](C)Oc1c(Cl)cc(C=Nc2ccc(C#N)cc2)cc1OC. The van der Waals surface area contributed by atoms with Crippen molar-refractivity contribution < 1.29 is 9.47 Å². The predicted molar refractivity (Wildman–Crippen MR) is 96.8 cm³/mol. The number of rotatable bonds is 6. The summed E-state index contributed by atoms with van der Waals surface area (Å²) < 4.78 is 11.2. The molecule has 124 valence electrons. The predicted octanol–water partition coefficient (Wildman–Crippen LogP) is 5.15. The molecule has 0 saturated heterocycles. The maximum Gasteiger partial charge on any atom is 0.180 e. The fourth-order valence-electron chi connectivity index (χ4n) is 1.98. The van der Waals surface area contributed by atoms with Crippen molar-refractivity contribution in [3.05, 3.63) is 52.5 Å². The molecule has 0 amide bonds. The van der Waals surface area contributed by atoms with Gasteiger partial charge < -0.3 is 9.47 Å². The summed E-state index contributed by atoms with van der Waals surface area (Å²) >= 11 is 6.33. The number of hydrogen-bond acceptors (Lipinski definition) is 4. The van der Waals surface area contributed by atoms with Crippen LogP contribution in [0.25, 0.3) is 0 Å². The topological polar surface area (TPSA) is 54.6 Å². The van der Waals surface area contributed by atoms with Crippen LogP contribution in [-0.2, 0) is 0 Å². The van der Waals surface area contributed by atoms with Gasteiger partial charge in [0.25, 0.3) is 0 Å². The van der Waals surface area contributed by atoms with E-state index in [1.807, 2.05) is 19.9 Å². The molecule has 4 nitrogen and oxygen atoms in total. The fraction of sp³-hybridized carbons (Fsp3) is 0.263. The third-order valence-electron chi connectivity index (χ3n) is 3.50. The molecule has 2 aromatic rings. The molecule has 2 aromatic carbocycles. The summed E-state index contributed by atoms with van der Waals surface area (Å²) in [5.74, 6) is 1.12. The summed E-state index contributed by atoms with van der Waals surface area (Å²) in [6.45, 7) is 4.03. The molecule has 0 saturated carbocycles. The molecule has 2 rings (SSSR count). The maximum absolute atomic E-state index is 8.80. The van der Waals surface area contributed by atoms with Crippen molar-refractivity contribution in [2.45, 2.75) is 26.4 Å². The third-order valence-corrected chi connectivity index (χ3v) is 3.79. The number of hydrogen-bond donors (Lipinski definition) is 0. The molecule has 0 N–H and O–H groups in total. The smallest absolute Gasteiger partial charge is 0.180 e. The average Bonchev–Trinajstić information content (AvgIpc) is 2.61. The monoisotopic (exact) mass is 342 g/mol. The van der Waals surface area contributed by atoms with Gasteiger partial charge in [-0.3, -0.25) is 4.99 Å². The van der Waals surface area contributed by atoms with E-state index in [9.17, 15) is 0 Å². The third kappa shape index (κ3) is 4.50. The molecule has 0 aliphatic rings. The minimum absolute atomic E-state index is 0.0505. The Labute approximate surface area is 147 Å². The highest BCUT2D eigenvalue weighted by Gasteiger charge is 2.13. The quantitative estimate of drug-likeness (QED) is 0.682. The van der Waals surface area contributed by atoms with Gasteiger partial charge in [0.05, 0.1) is 35.6 Å². The van der Waals surface area contributed by atoms with Gasteiger partial charge in [-0.1, -0.05) is 18.5 Å². The molecule has 0 heterocycles. The number of nitrogens with zero attached hydrogens (tertiary/aromatic N) is 2. The highest BCUT2D eigenvalue weighted by atomic mass is 35.5. The highest BCUT2D eigenvalue weighted by Crippen LogP contribution is 2.37. The lowest BCUT2D eigenvalue weighted by atomic mass is 10.2. The molecule has 24 heavy (non-hydrogen) atoms. The minimum Gasteiger partial charge on any atom is -0.493 e. The lowest BCUT2D eigenvalue weighted by Crippen LogP contribution is -2.11. The first kappa shape index (κ1) is 17.8. The van der Waals surface area contributed by atoms with Crippen LogP contribution < -0.4 is 9.47 Å². The Kier molecular flexibility index (Phi) is 6.22. The lowest BCUT2D eigenvalue weighted by molar-refractivity contribution is 0.208. The summed E-state index contributed by atoms with van der Waals surface area (Å²) in [5.41, 5.74) is 2.16. The van der Waals surface area contributed by atoms with Crippen molar-refractivity contribution in [3.63, 3.8) is 0 Å². The van der Waals surface area contributed by atoms with Gasteiger partial charge in [0.15, 0.2) is 11.5 Å². The van der Waals surface area contributed by atoms with E-state index in [0.29, 0.717) is 22.1 Å². The number of nitriles is 1. The van der Waals surface area contributed by atoms with Crippen LogP contribution in [0.2, 0.25) is 5.02 Å². The number of methoxy groups -OCH3 is 1. The van der Waals surface area contributed by atoms with Gasteiger partial charge in [-0.05, 0) is 55.3 Å². The minimum atomic E-state index is 0.0505. The van der Waals surface area contributed by atoms with Gasteiger partial charge in [0.1, 0.15) is 0 Å². The Morgan fingerprint density at radius 2 is 2.00 bits per heavy atom. The standard InChI is InChI=1S/C19H19ClN2O2/c1-4-13(2)24-19-17(20)9-15(10-18(19)23-3)12-22-16-7-5-14(11-21)6-8-16/h5-10,12-13H,4H2,1-3H3/t13-/m1/s1. The second kappa shape index (κ2) is 8.37. The first-order valence-corrected chi connectivity index (χ1v) is 8.03. The Morgan fingerprint density at radius 3 is 2.58 bits per heavy atom. The van der Waals surface area contributed by atoms with Gasteiger partial charge in [-0.15, -0.1) is 0 Å². The average molecular weight is 343 g/mol. The Balaban J connectivity index is 2.26. The number of aliphatic imine (C=N–C) groups is 1. The molecule has 0 aromatic heterocycles. The van der Waals surface area contributed by atoms with E-state index in [0.717, 1.165) is 17.7 Å². The highest BCUT2D eigenvalue weighted by molar-refractivity contribution is 6.32. The molecule has 5 heteroatoms. The van der Waals surface area contributed by atoms with Crippen molar-refractivity contribution in [3.8, 4) is 17.6 Å². The fourth-order valence-corrected chi connectivity index (χ4v) is 2.25. The molecule has 1 atom stereocenters. The van der Waals surface area contributed by atoms with Gasteiger partial charge in [-0.25, -0.2) is 0 Å². The molecule has 0 aliphatic carbocycles. The van der Waals surface area contributed by atoms with E-state index in [4.69, 9.17) is 26.3 Å². The zero-order valence-electron chi connectivity index (χ0n) is 13.9. The second-order valence-electron chi connectivity index (χ2n) is 5.29. The number of benzene rings is 2. The zero-order valence-corrected chi connectivity index (χ0v) is 14.7.